The van der Waals surface area contributed by atoms with Gasteiger partial charge in [0.15, 0.2) is 5.78 Å². The van der Waals surface area contributed by atoms with Crippen molar-refractivity contribution in [1.29, 1.82) is 0 Å². The molecule has 0 radical (unpaired) electrons. The van der Waals surface area contributed by atoms with Gasteiger partial charge in [-0.05, 0) is 56.6 Å². The van der Waals surface area contributed by atoms with Crippen LogP contribution < -0.4 is 5.73 Å². The molecule has 2 aromatic carbocycles. The van der Waals surface area contributed by atoms with Crippen molar-refractivity contribution in [3.8, 4) is 0 Å². The van der Waals surface area contributed by atoms with Gasteiger partial charge < -0.3 is 15.2 Å². The maximum Gasteiger partial charge on any atom is 0.323 e. The van der Waals surface area contributed by atoms with Gasteiger partial charge >= 0.3 is 11.9 Å². The second-order valence-electron chi connectivity index (χ2n) is 10.3. The number of likely N-dealkylation sites (tertiary alicyclic amines) is 1. The first-order valence-corrected chi connectivity index (χ1v) is 13.3. The Kier molecular flexibility index (Phi) is 8.77. The fourth-order valence-corrected chi connectivity index (χ4v) is 6.24. The number of ketones is 1. The van der Waals surface area contributed by atoms with E-state index in [1.54, 1.807) is 13.8 Å². The number of nitrogens with zero attached hydrogens (tertiary/aromatic N) is 1. The lowest BCUT2D eigenvalue weighted by Crippen LogP contribution is -2.61. The number of esters is 2. The third-order valence-corrected chi connectivity index (χ3v) is 7.88. The van der Waals surface area contributed by atoms with Crippen LogP contribution in [0, 0.1) is 11.8 Å². The summed E-state index contributed by atoms with van der Waals surface area (Å²) in [5.74, 6) is -1.29. The standard InChI is InChI=1S/C30H38N2O5/c1-3-36-28(34)24(17-22-11-6-4-7-12-22)19-32-26(29(35)37-20-23-13-8-5-9-14-23)18-25-15-10-16-30(25,32)27(33)21(2)31/h4-9,11-14,21,24-26H,3,10,15-20,31H2,1-2H3/t21?,24-,25+,26-,30-/m0/s1. The van der Waals surface area contributed by atoms with Crippen LogP contribution in [-0.2, 0) is 36.9 Å². The lowest BCUT2D eigenvalue weighted by atomic mass is 9.80. The van der Waals surface area contributed by atoms with Crippen molar-refractivity contribution in [2.75, 3.05) is 13.2 Å². The molecule has 198 valence electrons. The van der Waals surface area contributed by atoms with Crippen molar-refractivity contribution < 1.29 is 23.9 Å². The predicted molar refractivity (Wildman–Crippen MR) is 140 cm³/mol. The molecule has 7 nitrogen and oxygen atoms in total. The highest BCUT2D eigenvalue weighted by atomic mass is 16.5. The van der Waals surface area contributed by atoms with Crippen LogP contribution in [0.5, 0.6) is 0 Å². The number of fused-ring (bicyclic) bond motifs is 1. The van der Waals surface area contributed by atoms with Gasteiger partial charge in [-0.2, -0.15) is 0 Å². The van der Waals surface area contributed by atoms with Gasteiger partial charge in [-0.1, -0.05) is 67.1 Å². The maximum atomic E-state index is 13.7. The van der Waals surface area contributed by atoms with Gasteiger partial charge in [0.25, 0.3) is 0 Å². The van der Waals surface area contributed by atoms with Crippen molar-refractivity contribution >= 4 is 17.7 Å². The molecule has 1 heterocycles. The van der Waals surface area contributed by atoms with Crippen molar-refractivity contribution in [1.82, 2.24) is 4.90 Å². The number of ether oxygens (including phenoxy) is 2. The van der Waals surface area contributed by atoms with E-state index >= 15 is 0 Å². The Morgan fingerprint density at radius 2 is 1.68 bits per heavy atom. The summed E-state index contributed by atoms with van der Waals surface area (Å²) >= 11 is 0. The monoisotopic (exact) mass is 506 g/mol. The predicted octanol–water partition coefficient (Wildman–Crippen LogP) is 3.68. The van der Waals surface area contributed by atoms with Crippen LogP contribution >= 0.6 is 0 Å². The van der Waals surface area contributed by atoms with E-state index < -0.39 is 23.5 Å². The molecule has 1 saturated carbocycles. The van der Waals surface area contributed by atoms with E-state index in [-0.39, 0.29) is 43.4 Å². The van der Waals surface area contributed by atoms with Crippen LogP contribution in [0.2, 0.25) is 0 Å². The Bertz CT molecular complexity index is 1070. The smallest absolute Gasteiger partial charge is 0.323 e. The molecule has 5 atom stereocenters. The molecule has 0 bridgehead atoms. The molecule has 37 heavy (non-hydrogen) atoms. The topological polar surface area (TPSA) is 98.9 Å². The first-order valence-electron chi connectivity index (χ1n) is 13.3. The summed E-state index contributed by atoms with van der Waals surface area (Å²) in [5.41, 5.74) is 7.19. The Morgan fingerprint density at radius 3 is 2.30 bits per heavy atom. The maximum absolute atomic E-state index is 13.7. The molecule has 0 spiro atoms. The summed E-state index contributed by atoms with van der Waals surface area (Å²) in [6, 6.07) is 18.0. The third-order valence-electron chi connectivity index (χ3n) is 7.88. The summed E-state index contributed by atoms with van der Waals surface area (Å²) in [7, 11) is 0. The molecule has 4 rings (SSSR count). The van der Waals surface area contributed by atoms with Crippen LogP contribution in [0.25, 0.3) is 0 Å². The molecule has 2 aromatic rings. The molecule has 0 aromatic heterocycles. The number of benzene rings is 2. The number of hydrogen-bond acceptors (Lipinski definition) is 7. The highest BCUT2D eigenvalue weighted by Gasteiger charge is 2.62. The lowest BCUT2D eigenvalue weighted by Gasteiger charge is -2.41. The molecule has 1 saturated heterocycles. The molecule has 1 unspecified atom stereocenters. The third kappa shape index (κ3) is 5.78. The zero-order valence-electron chi connectivity index (χ0n) is 21.8. The fourth-order valence-electron chi connectivity index (χ4n) is 6.24. The normalized spacial score (nSPS) is 24.7. The van der Waals surface area contributed by atoms with Crippen LogP contribution in [0.15, 0.2) is 60.7 Å². The van der Waals surface area contributed by atoms with Crippen molar-refractivity contribution in [2.45, 2.75) is 70.2 Å². The van der Waals surface area contributed by atoms with E-state index in [4.69, 9.17) is 15.2 Å². The van der Waals surface area contributed by atoms with E-state index in [9.17, 15) is 14.4 Å². The Balaban J connectivity index is 1.65. The van der Waals surface area contributed by atoms with Crippen molar-refractivity contribution in [3.63, 3.8) is 0 Å². The zero-order chi connectivity index (χ0) is 26.4. The van der Waals surface area contributed by atoms with Crippen molar-refractivity contribution in [2.24, 2.45) is 17.6 Å². The Hall–Kier alpha value is -3.03. The fraction of sp³-hybridized carbons (Fsp3) is 0.500. The molecule has 1 aliphatic heterocycles. The number of carbonyl (C=O) groups is 3. The van der Waals surface area contributed by atoms with E-state index in [1.807, 2.05) is 65.6 Å². The van der Waals surface area contributed by atoms with Crippen LogP contribution in [0.4, 0.5) is 0 Å². The van der Waals surface area contributed by atoms with Crippen LogP contribution in [-0.4, -0.2) is 53.4 Å². The number of rotatable bonds is 11. The Morgan fingerprint density at radius 1 is 1.03 bits per heavy atom. The molecule has 1 aliphatic carbocycles. The number of hydrogen-bond donors (Lipinski definition) is 1. The number of carbonyl (C=O) groups excluding carboxylic acids is 3. The summed E-state index contributed by atoms with van der Waals surface area (Å²) < 4.78 is 11.2. The van der Waals surface area contributed by atoms with Gasteiger partial charge in [0.2, 0.25) is 0 Å². The molecule has 2 N–H and O–H groups in total. The minimum absolute atomic E-state index is 0.000142. The average Bonchev–Trinajstić information content (AvgIpc) is 3.45. The summed E-state index contributed by atoms with van der Waals surface area (Å²) in [4.78, 5) is 42.3. The summed E-state index contributed by atoms with van der Waals surface area (Å²) in [5, 5.41) is 0. The number of nitrogens with two attached hydrogens (primary N) is 1. The van der Waals surface area contributed by atoms with Crippen LogP contribution in [0.1, 0.15) is 50.7 Å². The second kappa shape index (κ2) is 12.0. The zero-order valence-corrected chi connectivity index (χ0v) is 21.8. The summed E-state index contributed by atoms with van der Waals surface area (Å²) in [6.07, 6.45) is 3.33. The first kappa shape index (κ1) is 27.0. The molecule has 7 heteroatoms. The molecule has 2 aliphatic rings. The quantitative estimate of drug-likeness (QED) is 0.464. The average molecular weight is 507 g/mol. The largest absolute Gasteiger partial charge is 0.466 e. The highest BCUT2D eigenvalue weighted by Crippen LogP contribution is 2.51. The molecular weight excluding hydrogens is 468 g/mol. The lowest BCUT2D eigenvalue weighted by molar-refractivity contribution is -0.157. The van der Waals surface area contributed by atoms with Gasteiger partial charge in [0.05, 0.1) is 24.1 Å². The second-order valence-corrected chi connectivity index (χ2v) is 10.3. The van der Waals surface area contributed by atoms with E-state index in [2.05, 4.69) is 0 Å². The number of Topliss-reactive ketones (excluding diaryl/α,β-unsaturated/α-hetero) is 1. The minimum Gasteiger partial charge on any atom is -0.466 e. The minimum atomic E-state index is -0.869. The van der Waals surface area contributed by atoms with E-state index in [0.29, 0.717) is 19.3 Å². The van der Waals surface area contributed by atoms with Gasteiger partial charge in [-0.25, -0.2) is 0 Å². The van der Waals surface area contributed by atoms with Gasteiger partial charge in [0.1, 0.15) is 12.6 Å². The molecule has 2 fully saturated rings. The van der Waals surface area contributed by atoms with E-state index in [1.165, 1.54) is 0 Å². The van der Waals surface area contributed by atoms with Gasteiger partial charge in [0, 0.05) is 6.54 Å². The SMILES string of the molecule is CCOC(=O)[C@@H](Cc1ccccc1)CN1[C@H](C(=O)OCc2ccccc2)C[C@H]2CCC[C@@]21C(=O)C(C)N. The van der Waals surface area contributed by atoms with Crippen LogP contribution in [0.3, 0.4) is 0 Å². The first-order chi connectivity index (χ1) is 17.9. The highest BCUT2D eigenvalue weighted by molar-refractivity contribution is 5.95. The van der Waals surface area contributed by atoms with Crippen molar-refractivity contribution in [3.05, 3.63) is 71.8 Å². The van der Waals surface area contributed by atoms with E-state index in [0.717, 1.165) is 24.0 Å². The van der Waals surface area contributed by atoms with Gasteiger partial charge in [-0.15, -0.1) is 0 Å². The molecular formula is C30H38N2O5. The Labute approximate surface area is 219 Å². The summed E-state index contributed by atoms with van der Waals surface area (Å²) in [6.45, 7) is 4.14. The van der Waals surface area contributed by atoms with Gasteiger partial charge in [-0.3, -0.25) is 19.3 Å². The molecule has 0 amide bonds.